The minimum Gasteiger partial charge on any atom is -0.257 e. The molecule has 2 aromatic heterocycles. The number of aromatic nitrogens is 6. The highest BCUT2D eigenvalue weighted by atomic mass is 79.9. The lowest BCUT2D eigenvalue weighted by Crippen LogP contribution is -2.46. The van der Waals surface area contributed by atoms with Crippen molar-refractivity contribution in [1.29, 1.82) is 0 Å². The molecule has 126 valence electrons. The van der Waals surface area contributed by atoms with Gasteiger partial charge in [0.2, 0.25) is 0 Å². The Balaban J connectivity index is 0.000000231. The van der Waals surface area contributed by atoms with Crippen LogP contribution < -0.4 is 34.1 Å². The normalized spacial score (nSPS) is 10.1. The van der Waals surface area contributed by atoms with Crippen molar-refractivity contribution in [2.24, 2.45) is 0 Å². The number of nitrogens with one attached hydrogen (secondary N) is 1. The number of aromatic amines is 1. The molecule has 0 radical (unpaired) electrons. The maximum atomic E-state index is 11.0. The second-order valence-corrected chi connectivity index (χ2v) is 6.82. The molecule has 0 saturated heterocycles. The van der Waals surface area contributed by atoms with Crippen LogP contribution in [0.3, 0.4) is 0 Å². The van der Waals surface area contributed by atoms with Crippen molar-refractivity contribution in [2.45, 2.75) is 0 Å². The van der Waals surface area contributed by atoms with Gasteiger partial charge in [0.1, 0.15) is 0 Å². The second kappa shape index (κ2) is 7.86. The van der Waals surface area contributed by atoms with Crippen LogP contribution in [0.25, 0.3) is 0 Å². The molecule has 2 heterocycles. The van der Waals surface area contributed by atoms with Crippen LogP contribution in [0.5, 0.6) is 0 Å². The molecule has 0 aliphatic rings. The first-order chi connectivity index (χ1) is 10.5. The van der Waals surface area contributed by atoms with Gasteiger partial charge in [0, 0.05) is 0 Å². The predicted octanol–water partition coefficient (Wildman–Crippen LogP) is -1.34. The summed E-state index contributed by atoms with van der Waals surface area (Å²) < 4.78 is 2.96. The van der Waals surface area contributed by atoms with Crippen molar-refractivity contribution in [2.75, 3.05) is 0 Å². The molecule has 2 aromatic rings. The molecule has 12 nitrogen and oxygen atoms in total. The Kier molecular flexibility index (Phi) is 6.93. The summed E-state index contributed by atoms with van der Waals surface area (Å²) in [7, 11) is 0. The smallest absolute Gasteiger partial charge is 0.257 e. The fraction of sp³-hybridized carbons (Fsp3) is 0. The Hall–Kier alpha value is -0.780. The summed E-state index contributed by atoms with van der Waals surface area (Å²) in [6, 6.07) is 0. The molecule has 0 aromatic carbocycles. The number of rotatable bonds is 0. The van der Waals surface area contributed by atoms with E-state index in [2.05, 4.69) is 80.7 Å². The zero-order chi connectivity index (χ0) is 18.1. The Morgan fingerprint density at radius 3 is 0.957 bits per heavy atom. The highest BCUT2D eigenvalue weighted by Crippen LogP contribution is 1.84. The maximum absolute atomic E-state index is 11.0. The number of hydrogen-bond acceptors (Lipinski definition) is 6. The Labute approximate surface area is 165 Å². The van der Waals surface area contributed by atoms with Crippen LogP contribution in [0, 0.1) is 0 Å². The molecule has 2 rings (SSSR count). The van der Waals surface area contributed by atoms with E-state index in [4.69, 9.17) is 0 Å². The lowest BCUT2D eigenvalue weighted by atomic mass is 11.0. The summed E-state index contributed by atoms with van der Waals surface area (Å²) in [4.78, 5) is 66.9. The molecule has 0 unspecified atom stereocenters. The van der Waals surface area contributed by atoms with Crippen LogP contribution in [0.15, 0.2) is 28.8 Å². The molecule has 0 amide bonds. The van der Waals surface area contributed by atoms with Gasteiger partial charge in [0.25, 0.3) is 0 Å². The first-order valence-electron chi connectivity index (χ1n) is 4.81. The van der Waals surface area contributed by atoms with E-state index >= 15 is 0 Å². The van der Waals surface area contributed by atoms with Gasteiger partial charge in [0.05, 0.1) is 80.7 Å². The highest BCUT2D eigenvalue weighted by molar-refractivity contribution is 9.09. The first-order valence-corrected chi connectivity index (χ1v) is 8.35. The summed E-state index contributed by atoms with van der Waals surface area (Å²) >= 11 is 13.3. The minimum atomic E-state index is -0.810. The third-order valence-electron chi connectivity index (χ3n) is 1.91. The molecule has 0 saturated carbocycles. The second-order valence-electron chi connectivity index (χ2n) is 3.27. The maximum Gasteiger partial charge on any atom is 0.357 e. The summed E-state index contributed by atoms with van der Waals surface area (Å²) in [5, 5.41) is 0. The van der Waals surface area contributed by atoms with Gasteiger partial charge in [-0.15, -0.1) is 0 Å². The molecule has 0 bridgehead atoms. The lowest BCUT2D eigenvalue weighted by molar-refractivity contribution is 0.814. The van der Waals surface area contributed by atoms with Crippen molar-refractivity contribution >= 4 is 80.7 Å². The van der Waals surface area contributed by atoms with Gasteiger partial charge in [-0.1, -0.05) is 0 Å². The first kappa shape index (κ1) is 20.3. The van der Waals surface area contributed by atoms with Gasteiger partial charge in [0.15, 0.2) is 0 Å². The molecule has 17 heteroatoms. The molecule has 0 fully saturated rings. The topological polar surface area (TPSA) is 143 Å². The lowest BCUT2D eigenvalue weighted by Gasteiger charge is -1.97. The molecule has 0 spiro atoms. The van der Waals surface area contributed by atoms with Crippen LogP contribution in [-0.4, -0.2) is 22.9 Å². The van der Waals surface area contributed by atoms with Crippen molar-refractivity contribution in [3.8, 4) is 0 Å². The summed E-state index contributed by atoms with van der Waals surface area (Å²) in [6.07, 6.45) is 0. The fourth-order valence-corrected chi connectivity index (χ4v) is 3.21. The van der Waals surface area contributed by atoms with Crippen molar-refractivity contribution in [1.82, 2.24) is 22.9 Å². The van der Waals surface area contributed by atoms with Crippen molar-refractivity contribution in [3.05, 3.63) is 62.9 Å². The van der Waals surface area contributed by atoms with Crippen LogP contribution in [-0.2, 0) is 0 Å². The number of halogens is 5. The SMILES string of the molecule is O=c1[nH]c(=O)n(Br)c(=O)n1Br.O=c1n(Br)c(=O)n(Br)c(=O)n1Br. The largest absolute Gasteiger partial charge is 0.357 e. The van der Waals surface area contributed by atoms with Crippen LogP contribution >= 0.6 is 80.7 Å². The van der Waals surface area contributed by atoms with Gasteiger partial charge >= 0.3 is 34.1 Å². The fourth-order valence-electron chi connectivity index (χ4n) is 0.917. The van der Waals surface area contributed by atoms with Crippen molar-refractivity contribution in [3.63, 3.8) is 0 Å². The molecule has 0 aliphatic heterocycles. The quantitative estimate of drug-likeness (QED) is 0.374. The van der Waals surface area contributed by atoms with Crippen LogP contribution in [0.2, 0.25) is 0 Å². The molecular formula is C6HBr5N6O6. The zero-order valence-electron chi connectivity index (χ0n) is 10.1. The molecule has 0 aliphatic carbocycles. The van der Waals surface area contributed by atoms with E-state index in [1.54, 1.807) is 0 Å². The number of H-pyrrole nitrogens is 1. The van der Waals surface area contributed by atoms with Crippen molar-refractivity contribution < 1.29 is 0 Å². The van der Waals surface area contributed by atoms with E-state index in [1.165, 1.54) is 0 Å². The third kappa shape index (κ3) is 4.20. The third-order valence-corrected chi connectivity index (χ3v) is 4.99. The summed E-state index contributed by atoms with van der Waals surface area (Å²) in [5.74, 6) is 0. The van der Waals surface area contributed by atoms with Gasteiger partial charge in [-0.3, -0.25) is 4.98 Å². The predicted molar refractivity (Wildman–Crippen MR) is 96.4 cm³/mol. The van der Waals surface area contributed by atoms with Gasteiger partial charge in [-0.05, 0) is 0 Å². The Bertz CT molecular complexity index is 961. The van der Waals surface area contributed by atoms with Crippen LogP contribution in [0.4, 0.5) is 0 Å². The van der Waals surface area contributed by atoms with Gasteiger partial charge < -0.3 is 0 Å². The van der Waals surface area contributed by atoms with E-state index in [9.17, 15) is 28.8 Å². The monoisotopic (exact) mass is 648 g/mol. The average Bonchev–Trinajstić information content (AvgIpc) is 2.53. The molecule has 0 atom stereocenters. The van der Waals surface area contributed by atoms with Crippen LogP contribution in [0.1, 0.15) is 0 Å². The molecule has 1 N–H and O–H groups in total. The number of hydrogen-bond donors (Lipinski definition) is 1. The van der Waals surface area contributed by atoms with Gasteiger partial charge in [-0.25, -0.2) is 28.8 Å². The summed E-state index contributed by atoms with van der Waals surface area (Å²) in [5.41, 5.74) is -4.83. The molecular weight excluding hydrogens is 652 g/mol. The van der Waals surface area contributed by atoms with E-state index in [-0.39, 0.29) is 0 Å². The standard InChI is InChI=1S/C3Br3N3O3.C3HBr2N3O3/c4-7-1(10)8(5)3(12)9(6)2(7)11;4-7-1(9)6-2(10)8(5)3(7)11/h;(H,6,9,10). The Morgan fingerprint density at radius 1 is 0.478 bits per heavy atom. The Morgan fingerprint density at radius 2 is 0.696 bits per heavy atom. The number of nitrogens with zero attached hydrogens (tertiary/aromatic N) is 5. The average molecular weight is 653 g/mol. The minimum absolute atomic E-state index is 0.586. The molecule has 23 heavy (non-hydrogen) atoms. The van der Waals surface area contributed by atoms with E-state index < -0.39 is 34.1 Å². The van der Waals surface area contributed by atoms with E-state index in [1.807, 2.05) is 4.98 Å². The highest BCUT2D eigenvalue weighted by Gasteiger charge is 2.09. The zero-order valence-corrected chi connectivity index (χ0v) is 18.0. The van der Waals surface area contributed by atoms with Gasteiger partial charge in [-0.2, -0.15) is 18.0 Å². The van der Waals surface area contributed by atoms with E-state index in [0.717, 1.165) is 0 Å². The van der Waals surface area contributed by atoms with E-state index in [0.29, 0.717) is 18.0 Å². The summed E-state index contributed by atoms with van der Waals surface area (Å²) in [6.45, 7) is 0.